The van der Waals surface area contributed by atoms with Gasteiger partial charge >= 0.3 is 0 Å². The Kier molecular flexibility index (Phi) is 8.68. The third-order valence-corrected chi connectivity index (χ3v) is 3.46. The van der Waals surface area contributed by atoms with Crippen LogP contribution >= 0.6 is 0 Å². The Bertz CT molecular complexity index is 542. The van der Waals surface area contributed by atoms with Crippen molar-refractivity contribution in [2.45, 2.75) is 26.8 Å². The van der Waals surface area contributed by atoms with Gasteiger partial charge in [0.15, 0.2) is 12.6 Å². The van der Waals surface area contributed by atoms with Gasteiger partial charge in [-0.15, -0.1) is 0 Å². The molecular weight excluding hydrogens is 304 g/mol. The fourth-order valence-corrected chi connectivity index (χ4v) is 1.91. The SMILES string of the molecule is CN=C(NCCC(C)C)NCc1cccc(OCC(=O)N(C)C)c1. The Morgan fingerprint density at radius 1 is 1.29 bits per heavy atom. The average molecular weight is 334 g/mol. The number of ether oxygens (including phenoxy) is 1. The van der Waals surface area contributed by atoms with E-state index in [1.165, 1.54) is 4.90 Å². The highest BCUT2D eigenvalue weighted by Gasteiger charge is 2.05. The van der Waals surface area contributed by atoms with Crippen LogP contribution in [0.1, 0.15) is 25.8 Å². The van der Waals surface area contributed by atoms with Crippen molar-refractivity contribution < 1.29 is 9.53 Å². The van der Waals surface area contributed by atoms with E-state index in [1.54, 1.807) is 21.1 Å². The molecule has 1 amide bonds. The maximum Gasteiger partial charge on any atom is 0.259 e. The van der Waals surface area contributed by atoms with Crippen molar-refractivity contribution >= 4 is 11.9 Å². The first kappa shape index (κ1) is 19.8. The minimum atomic E-state index is -0.0618. The fourth-order valence-electron chi connectivity index (χ4n) is 1.91. The number of benzene rings is 1. The smallest absolute Gasteiger partial charge is 0.259 e. The molecule has 0 unspecified atom stereocenters. The second-order valence-electron chi connectivity index (χ2n) is 6.26. The Morgan fingerprint density at radius 2 is 2.04 bits per heavy atom. The molecule has 1 rings (SSSR count). The van der Waals surface area contributed by atoms with Crippen LogP contribution in [0.3, 0.4) is 0 Å². The van der Waals surface area contributed by atoms with Gasteiger partial charge in [-0.05, 0) is 30.0 Å². The number of amides is 1. The van der Waals surface area contributed by atoms with Crippen LogP contribution in [-0.2, 0) is 11.3 Å². The zero-order valence-electron chi connectivity index (χ0n) is 15.4. The molecule has 0 aromatic heterocycles. The Hall–Kier alpha value is -2.24. The number of rotatable bonds is 8. The first-order valence-corrected chi connectivity index (χ1v) is 8.28. The number of nitrogens with zero attached hydrogens (tertiary/aromatic N) is 2. The third kappa shape index (κ3) is 7.85. The molecule has 0 heterocycles. The second-order valence-corrected chi connectivity index (χ2v) is 6.26. The number of aliphatic imine (C=N–C) groups is 1. The maximum absolute atomic E-state index is 11.6. The van der Waals surface area contributed by atoms with Crippen LogP contribution in [-0.4, -0.2) is 51.1 Å². The minimum absolute atomic E-state index is 0.0440. The number of hydrogen-bond donors (Lipinski definition) is 2. The largest absolute Gasteiger partial charge is 0.484 e. The van der Waals surface area contributed by atoms with E-state index in [0.717, 1.165) is 24.5 Å². The Labute approximate surface area is 145 Å². The van der Waals surface area contributed by atoms with E-state index in [4.69, 9.17) is 4.74 Å². The predicted molar refractivity (Wildman–Crippen MR) is 98.3 cm³/mol. The monoisotopic (exact) mass is 334 g/mol. The van der Waals surface area contributed by atoms with Gasteiger partial charge in [0, 0.05) is 34.2 Å². The highest BCUT2D eigenvalue weighted by Crippen LogP contribution is 2.13. The Balaban J connectivity index is 2.47. The van der Waals surface area contributed by atoms with Crippen LogP contribution in [0.5, 0.6) is 5.75 Å². The zero-order valence-corrected chi connectivity index (χ0v) is 15.4. The van der Waals surface area contributed by atoms with E-state index in [1.807, 2.05) is 24.3 Å². The summed E-state index contributed by atoms with van der Waals surface area (Å²) in [5.41, 5.74) is 1.07. The molecule has 0 spiro atoms. The highest BCUT2D eigenvalue weighted by atomic mass is 16.5. The van der Waals surface area contributed by atoms with Crippen molar-refractivity contribution in [3.05, 3.63) is 29.8 Å². The van der Waals surface area contributed by atoms with E-state index >= 15 is 0 Å². The molecule has 0 aliphatic heterocycles. The molecule has 134 valence electrons. The van der Waals surface area contributed by atoms with Crippen molar-refractivity contribution in [3.8, 4) is 5.75 Å². The topological polar surface area (TPSA) is 66.0 Å². The molecule has 0 aliphatic carbocycles. The molecule has 0 radical (unpaired) electrons. The third-order valence-electron chi connectivity index (χ3n) is 3.46. The lowest BCUT2D eigenvalue weighted by Crippen LogP contribution is -2.37. The van der Waals surface area contributed by atoms with Crippen LogP contribution in [0, 0.1) is 5.92 Å². The number of nitrogens with one attached hydrogen (secondary N) is 2. The zero-order chi connectivity index (χ0) is 17.9. The molecule has 0 fully saturated rings. The highest BCUT2D eigenvalue weighted by molar-refractivity contribution is 5.79. The molecule has 24 heavy (non-hydrogen) atoms. The van der Waals surface area contributed by atoms with Crippen LogP contribution in [0.15, 0.2) is 29.3 Å². The van der Waals surface area contributed by atoms with E-state index in [0.29, 0.717) is 18.2 Å². The van der Waals surface area contributed by atoms with E-state index in [9.17, 15) is 4.79 Å². The molecular formula is C18H30N4O2. The molecule has 0 saturated heterocycles. The van der Waals surface area contributed by atoms with Crippen molar-refractivity contribution in [1.29, 1.82) is 0 Å². The molecule has 0 saturated carbocycles. The molecule has 0 atom stereocenters. The lowest BCUT2D eigenvalue weighted by molar-refractivity contribution is -0.130. The van der Waals surface area contributed by atoms with Crippen LogP contribution < -0.4 is 15.4 Å². The summed E-state index contributed by atoms with van der Waals surface area (Å²) in [5.74, 6) is 2.07. The van der Waals surface area contributed by atoms with Crippen molar-refractivity contribution in [3.63, 3.8) is 0 Å². The minimum Gasteiger partial charge on any atom is -0.484 e. The number of guanidine groups is 1. The summed E-state index contributed by atoms with van der Waals surface area (Å²) in [6, 6.07) is 7.70. The second kappa shape index (κ2) is 10.5. The predicted octanol–water partition coefficient (Wildman–Crippen LogP) is 1.86. The summed E-state index contributed by atoms with van der Waals surface area (Å²) < 4.78 is 5.53. The van der Waals surface area contributed by atoms with Crippen molar-refractivity contribution in [1.82, 2.24) is 15.5 Å². The van der Waals surface area contributed by atoms with Gasteiger partial charge in [0.2, 0.25) is 0 Å². The van der Waals surface area contributed by atoms with Crippen molar-refractivity contribution in [2.75, 3.05) is 34.3 Å². The Morgan fingerprint density at radius 3 is 2.67 bits per heavy atom. The van der Waals surface area contributed by atoms with Crippen LogP contribution in [0.2, 0.25) is 0 Å². The quantitative estimate of drug-likeness (QED) is 0.563. The molecule has 0 bridgehead atoms. The van der Waals surface area contributed by atoms with Gasteiger partial charge in [-0.3, -0.25) is 9.79 Å². The number of likely N-dealkylation sites (N-methyl/N-ethyl adjacent to an activating group) is 1. The molecule has 2 N–H and O–H groups in total. The summed E-state index contributed by atoms with van der Waals surface area (Å²) in [5, 5.41) is 6.57. The van der Waals surface area contributed by atoms with Gasteiger partial charge in [0.1, 0.15) is 5.75 Å². The van der Waals surface area contributed by atoms with Gasteiger partial charge < -0.3 is 20.3 Å². The number of hydrogen-bond acceptors (Lipinski definition) is 3. The molecule has 0 aliphatic rings. The van der Waals surface area contributed by atoms with Crippen LogP contribution in [0.25, 0.3) is 0 Å². The normalized spacial score (nSPS) is 11.3. The standard InChI is InChI=1S/C18H30N4O2/c1-14(2)9-10-20-18(19-3)21-12-15-7-6-8-16(11-15)24-13-17(23)22(4)5/h6-8,11,14H,9-10,12-13H2,1-5H3,(H2,19,20,21). The average Bonchev–Trinajstić information content (AvgIpc) is 2.55. The van der Waals surface area contributed by atoms with E-state index in [-0.39, 0.29) is 12.5 Å². The van der Waals surface area contributed by atoms with E-state index in [2.05, 4.69) is 29.5 Å². The van der Waals surface area contributed by atoms with E-state index < -0.39 is 0 Å². The summed E-state index contributed by atoms with van der Waals surface area (Å²) in [6.07, 6.45) is 1.10. The van der Waals surface area contributed by atoms with Gasteiger partial charge in [0.05, 0.1) is 0 Å². The molecule has 6 heteroatoms. The summed E-state index contributed by atoms with van der Waals surface area (Å²) >= 11 is 0. The first-order valence-electron chi connectivity index (χ1n) is 8.28. The first-order chi connectivity index (χ1) is 11.4. The molecule has 1 aromatic carbocycles. The number of carbonyl (C=O) groups excluding carboxylic acids is 1. The summed E-state index contributed by atoms with van der Waals surface area (Å²) in [7, 11) is 5.19. The van der Waals surface area contributed by atoms with Gasteiger partial charge in [-0.2, -0.15) is 0 Å². The summed E-state index contributed by atoms with van der Waals surface area (Å²) in [6.45, 7) is 5.98. The lowest BCUT2D eigenvalue weighted by atomic mass is 10.1. The van der Waals surface area contributed by atoms with Gasteiger partial charge in [0.25, 0.3) is 5.91 Å². The van der Waals surface area contributed by atoms with Crippen LogP contribution in [0.4, 0.5) is 0 Å². The molecule has 1 aromatic rings. The number of carbonyl (C=O) groups is 1. The van der Waals surface area contributed by atoms with Gasteiger partial charge in [-0.1, -0.05) is 26.0 Å². The molecule has 6 nitrogen and oxygen atoms in total. The van der Waals surface area contributed by atoms with Crippen molar-refractivity contribution in [2.24, 2.45) is 10.9 Å². The van der Waals surface area contributed by atoms with Gasteiger partial charge in [-0.25, -0.2) is 0 Å². The maximum atomic E-state index is 11.6. The fraction of sp³-hybridized carbons (Fsp3) is 0.556. The summed E-state index contributed by atoms with van der Waals surface area (Å²) in [4.78, 5) is 17.3. The lowest BCUT2D eigenvalue weighted by Gasteiger charge is -2.14.